The maximum atomic E-state index is 12.7. The molecule has 0 saturated heterocycles. The Kier molecular flexibility index (Phi) is 6.17. The molecule has 1 aliphatic rings. The minimum atomic E-state index is -0.519. The van der Waals surface area contributed by atoms with E-state index >= 15 is 0 Å². The number of carbonyl (C=O) groups excluding carboxylic acids is 2. The van der Waals surface area contributed by atoms with Crippen LogP contribution < -0.4 is 10.2 Å². The van der Waals surface area contributed by atoms with Gasteiger partial charge in [-0.3, -0.25) is 10.2 Å². The molecule has 4 rings (SSSR count). The zero-order valence-corrected chi connectivity index (χ0v) is 17.3. The van der Waals surface area contributed by atoms with Crippen molar-refractivity contribution in [1.29, 1.82) is 0 Å². The lowest BCUT2D eigenvalue weighted by atomic mass is 10.1. The highest BCUT2D eigenvalue weighted by molar-refractivity contribution is 5.92. The Bertz CT molecular complexity index is 1050. The predicted octanol–water partition coefficient (Wildman–Crippen LogP) is 5.52. The number of nitrogens with zero attached hydrogens (tertiary/aromatic N) is 1. The summed E-state index contributed by atoms with van der Waals surface area (Å²) < 4.78 is 10.8. The molecular weight excluding hydrogens is 392 g/mol. The molecule has 0 aromatic heterocycles. The fourth-order valence-electron chi connectivity index (χ4n) is 3.65. The van der Waals surface area contributed by atoms with Crippen molar-refractivity contribution in [3.63, 3.8) is 0 Å². The minimum absolute atomic E-state index is 0.0291. The fraction of sp³-hybridized carbons (Fsp3) is 0.200. The summed E-state index contributed by atoms with van der Waals surface area (Å²) in [5, 5.41) is 2.75. The van der Waals surface area contributed by atoms with Crippen molar-refractivity contribution in [2.75, 3.05) is 10.2 Å². The molecule has 1 aliphatic heterocycles. The second kappa shape index (κ2) is 9.34. The number of fused-ring (bicyclic) bond motifs is 1. The van der Waals surface area contributed by atoms with Crippen LogP contribution in [0.25, 0.3) is 0 Å². The zero-order chi connectivity index (χ0) is 21.6. The average molecular weight is 416 g/mol. The largest absolute Gasteiger partial charge is 0.444 e. The first-order valence-electron chi connectivity index (χ1n) is 10.2. The van der Waals surface area contributed by atoms with Crippen molar-refractivity contribution in [1.82, 2.24) is 0 Å². The Labute approximate surface area is 181 Å². The van der Waals surface area contributed by atoms with Crippen LogP contribution in [0.1, 0.15) is 23.6 Å². The first kappa shape index (κ1) is 20.5. The maximum absolute atomic E-state index is 12.7. The van der Waals surface area contributed by atoms with Gasteiger partial charge in [0.05, 0.1) is 5.69 Å². The molecule has 2 amide bonds. The summed E-state index contributed by atoms with van der Waals surface area (Å²) >= 11 is 0. The average Bonchev–Trinajstić information content (AvgIpc) is 3.12. The Morgan fingerprint density at radius 1 is 0.903 bits per heavy atom. The second-order valence-corrected chi connectivity index (χ2v) is 7.49. The number of nitrogens with one attached hydrogen (secondary N) is 1. The van der Waals surface area contributed by atoms with Crippen molar-refractivity contribution in [2.24, 2.45) is 0 Å². The van der Waals surface area contributed by atoms with Crippen molar-refractivity contribution in [3.8, 4) is 0 Å². The molecule has 0 radical (unpaired) electrons. The normalized spacial score (nSPS) is 14.6. The summed E-state index contributed by atoms with van der Waals surface area (Å²) in [6.07, 6.45) is -0.211. The van der Waals surface area contributed by atoms with Crippen molar-refractivity contribution in [2.45, 2.75) is 32.6 Å². The minimum Gasteiger partial charge on any atom is -0.444 e. The van der Waals surface area contributed by atoms with E-state index in [-0.39, 0.29) is 25.3 Å². The molecule has 0 aliphatic carbocycles. The first-order chi connectivity index (χ1) is 15.1. The highest BCUT2D eigenvalue weighted by Crippen LogP contribution is 2.34. The third kappa shape index (κ3) is 5.04. The van der Waals surface area contributed by atoms with E-state index in [0.717, 1.165) is 22.4 Å². The Morgan fingerprint density at radius 3 is 2.16 bits per heavy atom. The van der Waals surface area contributed by atoms with Crippen molar-refractivity contribution in [3.05, 3.63) is 95.6 Å². The number of anilines is 2. The molecule has 1 atom stereocenters. The monoisotopic (exact) mass is 416 g/mol. The lowest BCUT2D eigenvalue weighted by Crippen LogP contribution is -2.36. The van der Waals surface area contributed by atoms with Crippen LogP contribution in [0.15, 0.2) is 78.9 Å². The van der Waals surface area contributed by atoms with Crippen LogP contribution in [-0.2, 0) is 29.1 Å². The fourth-order valence-corrected chi connectivity index (χ4v) is 3.65. The smallest absolute Gasteiger partial charge is 0.414 e. The van der Waals surface area contributed by atoms with Gasteiger partial charge in [-0.05, 0) is 48.2 Å². The molecule has 0 spiro atoms. The van der Waals surface area contributed by atoms with Crippen LogP contribution in [0.2, 0.25) is 0 Å². The van der Waals surface area contributed by atoms with E-state index in [1.165, 1.54) is 0 Å². The molecule has 0 saturated carbocycles. The quantitative estimate of drug-likeness (QED) is 0.594. The van der Waals surface area contributed by atoms with E-state index in [1.807, 2.05) is 79.7 Å². The predicted molar refractivity (Wildman–Crippen MR) is 119 cm³/mol. The molecule has 1 N–H and O–H groups in total. The lowest BCUT2D eigenvalue weighted by Gasteiger charge is -2.22. The molecule has 0 fully saturated rings. The SMILES string of the molecule is CC1Cc2cc(NC(=O)OCc3ccccc3)ccc2N1C(=O)OCc1ccccc1. The van der Waals surface area contributed by atoms with Crippen LogP contribution in [0.5, 0.6) is 0 Å². The van der Waals surface area contributed by atoms with Crippen LogP contribution in [-0.4, -0.2) is 18.2 Å². The van der Waals surface area contributed by atoms with E-state index in [4.69, 9.17) is 9.47 Å². The molecule has 31 heavy (non-hydrogen) atoms. The van der Waals surface area contributed by atoms with E-state index in [0.29, 0.717) is 12.1 Å². The van der Waals surface area contributed by atoms with E-state index < -0.39 is 6.09 Å². The van der Waals surface area contributed by atoms with Crippen LogP contribution >= 0.6 is 0 Å². The van der Waals surface area contributed by atoms with Crippen LogP contribution in [0, 0.1) is 0 Å². The van der Waals surface area contributed by atoms with Gasteiger partial charge in [0.25, 0.3) is 0 Å². The van der Waals surface area contributed by atoms with Gasteiger partial charge in [0.2, 0.25) is 0 Å². The summed E-state index contributed by atoms with van der Waals surface area (Å²) in [5.41, 5.74) is 4.27. The van der Waals surface area contributed by atoms with Crippen molar-refractivity contribution >= 4 is 23.6 Å². The summed E-state index contributed by atoms with van der Waals surface area (Å²) in [6, 6.07) is 24.5. The number of rotatable bonds is 5. The van der Waals surface area contributed by atoms with Gasteiger partial charge in [-0.2, -0.15) is 0 Å². The molecule has 6 nitrogen and oxygen atoms in total. The maximum Gasteiger partial charge on any atom is 0.414 e. The van der Waals surface area contributed by atoms with Gasteiger partial charge in [0.1, 0.15) is 13.2 Å². The number of benzene rings is 3. The van der Waals surface area contributed by atoms with Gasteiger partial charge in [-0.15, -0.1) is 0 Å². The van der Waals surface area contributed by atoms with Crippen LogP contribution in [0.4, 0.5) is 21.0 Å². The van der Waals surface area contributed by atoms with Crippen molar-refractivity contribution < 1.29 is 19.1 Å². The van der Waals surface area contributed by atoms with Crippen LogP contribution in [0.3, 0.4) is 0 Å². The number of ether oxygens (including phenoxy) is 2. The van der Waals surface area contributed by atoms with E-state index in [1.54, 1.807) is 11.0 Å². The van der Waals surface area contributed by atoms with Gasteiger partial charge in [0.15, 0.2) is 0 Å². The first-order valence-corrected chi connectivity index (χ1v) is 10.2. The Balaban J connectivity index is 1.36. The molecule has 1 heterocycles. The second-order valence-electron chi connectivity index (χ2n) is 7.49. The molecule has 3 aromatic rings. The lowest BCUT2D eigenvalue weighted by molar-refractivity contribution is 0.145. The third-order valence-corrected chi connectivity index (χ3v) is 5.16. The standard InChI is InChI=1S/C25H24N2O4/c1-18-14-21-15-22(26-24(28)30-16-19-8-4-2-5-9-19)12-13-23(21)27(18)25(29)31-17-20-10-6-3-7-11-20/h2-13,15,18H,14,16-17H2,1H3,(H,26,28). The molecule has 3 aromatic carbocycles. The highest BCUT2D eigenvalue weighted by Gasteiger charge is 2.32. The number of carbonyl (C=O) groups is 2. The van der Waals surface area contributed by atoms with Gasteiger partial charge >= 0.3 is 12.2 Å². The molecule has 6 heteroatoms. The summed E-state index contributed by atoms with van der Waals surface area (Å²) in [4.78, 5) is 26.5. The van der Waals surface area contributed by atoms with Gasteiger partial charge in [-0.1, -0.05) is 60.7 Å². The zero-order valence-electron chi connectivity index (χ0n) is 17.3. The summed E-state index contributed by atoms with van der Waals surface area (Å²) in [5.74, 6) is 0. The van der Waals surface area contributed by atoms with Gasteiger partial charge in [-0.25, -0.2) is 9.59 Å². The number of hydrogen-bond donors (Lipinski definition) is 1. The van der Waals surface area contributed by atoms with E-state index in [9.17, 15) is 9.59 Å². The topological polar surface area (TPSA) is 67.9 Å². The van der Waals surface area contributed by atoms with Gasteiger partial charge < -0.3 is 9.47 Å². The molecular formula is C25H24N2O4. The van der Waals surface area contributed by atoms with Gasteiger partial charge in [0, 0.05) is 11.7 Å². The Morgan fingerprint density at radius 2 is 1.52 bits per heavy atom. The summed E-state index contributed by atoms with van der Waals surface area (Å²) in [7, 11) is 0. The number of hydrogen-bond acceptors (Lipinski definition) is 4. The third-order valence-electron chi connectivity index (χ3n) is 5.16. The molecule has 158 valence electrons. The highest BCUT2D eigenvalue weighted by atomic mass is 16.6. The molecule has 0 bridgehead atoms. The summed E-state index contributed by atoms with van der Waals surface area (Å²) in [6.45, 7) is 2.41. The van der Waals surface area contributed by atoms with E-state index in [2.05, 4.69) is 5.32 Å². The molecule has 1 unspecified atom stereocenters. The Hall–Kier alpha value is -3.80. The number of amides is 2.